The summed E-state index contributed by atoms with van der Waals surface area (Å²) in [6, 6.07) is 12.8. The Balaban J connectivity index is 2.03. The van der Waals surface area contributed by atoms with Gasteiger partial charge in [-0.1, -0.05) is 23.2 Å². The number of halogens is 2. The summed E-state index contributed by atoms with van der Waals surface area (Å²) in [5, 5.41) is 1.78. The molecule has 96 valence electrons. The summed E-state index contributed by atoms with van der Waals surface area (Å²) >= 11 is 6.11. The Hall–Kier alpha value is -1.80. The van der Waals surface area contributed by atoms with E-state index in [-0.39, 0.29) is 5.82 Å². The van der Waals surface area contributed by atoms with Crippen LogP contribution in [0.15, 0.2) is 48.7 Å². The third-order valence-corrected chi connectivity index (χ3v) is 3.64. The van der Waals surface area contributed by atoms with Crippen molar-refractivity contribution in [1.82, 2.24) is 4.57 Å². The molecule has 0 aliphatic heterocycles. The first-order valence-corrected chi connectivity index (χ1v) is 6.51. The van der Waals surface area contributed by atoms with Gasteiger partial charge in [0, 0.05) is 23.3 Å². The molecule has 0 bridgehead atoms. The fourth-order valence-electron chi connectivity index (χ4n) is 2.31. The average molecular weight is 274 g/mol. The van der Waals surface area contributed by atoms with Gasteiger partial charge in [0.15, 0.2) is 0 Å². The van der Waals surface area contributed by atoms with Crippen LogP contribution in [0.1, 0.15) is 11.1 Å². The largest absolute Gasteiger partial charge is 0.343 e. The van der Waals surface area contributed by atoms with Gasteiger partial charge in [-0.25, -0.2) is 4.39 Å². The van der Waals surface area contributed by atoms with Crippen LogP contribution in [0.25, 0.3) is 10.9 Å². The lowest BCUT2D eigenvalue weighted by molar-refractivity contribution is 0.624. The van der Waals surface area contributed by atoms with Crippen molar-refractivity contribution in [2.45, 2.75) is 13.5 Å². The molecule has 0 fully saturated rings. The zero-order valence-corrected chi connectivity index (χ0v) is 11.3. The van der Waals surface area contributed by atoms with E-state index in [9.17, 15) is 4.39 Å². The van der Waals surface area contributed by atoms with Gasteiger partial charge in [0.1, 0.15) is 5.82 Å². The Bertz CT molecular complexity index is 746. The topological polar surface area (TPSA) is 4.93 Å². The van der Waals surface area contributed by atoms with Crippen LogP contribution < -0.4 is 0 Å². The number of rotatable bonds is 2. The van der Waals surface area contributed by atoms with Crippen LogP contribution in [0.5, 0.6) is 0 Å². The molecular formula is C16H13ClFN. The maximum atomic E-state index is 13.3. The molecule has 0 spiro atoms. The molecule has 1 heterocycles. The molecule has 19 heavy (non-hydrogen) atoms. The number of hydrogen-bond donors (Lipinski definition) is 0. The Labute approximate surface area is 116 Å². The fourth-order valence-corrected chi connectivity index (χ4v) is 2.48. The third kappa shape index (κ3) is 2.36. The van der Waals surface area contributed by atoms with Crippen molar-refractivity contribution in [2.75, 3.05) is 0 Å². The van der Waals surface area contributed by atoms with E-state index in [0.717, 1.165) is 11.1 Å². The highest BCUT2D eigenvalue weighted by Gasteiger charge is 2.06. The van der Waals surface area contributed by atoms with E-state index in [4.69, 9.17) is 11.6 Å². The Morgan fingerprint density at radius 2 is 1.95 bits per heavy atom. The van der Waals surface area contributed by atoms with Crippen LogP contribution in [0, 0.1) is 12.7 Å². The normalized spacial score (nSPS) is 11.1. The molecule has 0 atom stereocenters. The summed E-state index contributed by atoms with van der Waals surface area (Å²) in [6.45, 7) is 2.64. The predicted octanol–water partition coefficient (Wildman–Crippen LogP) is 4.79. The maximum Gasteiger partial charge on any atom is 0.123 e. The summed E-state index contributed by atoms with van der Waals surface area (Å²) in [6.07, 6.45) is 2.01. The van der Waals surface area contributed by atoms with Gasteiger partial charge in [-0.15, -0.1) is 0 Å². The molecule has 3 aromatic rings. The van der Waals surface area contributed by atoms with Crippen LogP contribution in [-0.2, 0) is 6.54 Å². The lowest BCUT2D eigenvalue weighted by Crippen LogP contribution is -1.99. The molecule has 0 radical (unpaired) electrons. The van der Waals surface area contributed by atoms with Crippen LogP contribution in [0.3, 0.4) is 0 Å². The van der Waals surface area contributed by atoms with Gasteiger partial charge >= 0.3 is 0 Å². The Kier molecular flexibility index (Phi) is 3.03. The molecular weight excluding hydrogens is 261 g/mol. The molecule has 0 unspecified atom stereocenters. The van der Waals surface area contributed by atoms with Crippen LogP contribution >= 0.6 is 11.6 Å². The molecule has 3 rings (SSSR count). The van der Waals surface area contributed by atoms with Crippen molar-refractivity contribution in [3.63, 3.8) is 0 Å². The van der Waals surface area contributed by atoms with E-state index < -0.39 is 0 Å². The fraction of sp³-hybridized carbons (Fsp3) is 0.125. The molecule has 1 nitrogen and oxygen atoms in total. The lowest BCUT2D eigenvalue weighted by Gasteiger charge is -2.08. The van der Waals surface area contributed by atoms with Crippen molar-refractivity contribution in [3.8, 4) is 0 Å². The average Bonchev–Trinajstić information content (AvgIpc) is 2.76. The van der Waals surface area contributed by atoms with E-state index in [2.05, 4.69) is 35.8 Å². The number of aryl methyl sites for hydroxylation is 1. The second-order valence-corrected chi connectivity index (χ2v) is 5.15. The van der Waals surface area contributed by atoms with Gasteiger partial charge in [-0.3, -0.25) is 0 Å². The molecule has 0 aliphatic carbocycles. The summed E-state index contributed by atoms with van der Waals surface area (Å²) in [5.74, 6) is -0.258. The lowest BCUT2D eigenvalue weighted by atomic mass is 10.2. The molecule has 2 aromatic carbocycles. The first-order valence-electron chi connectivity index (χ1n) is 6.13. The summed E-state index contributed by atoms with van der Waals surface area (Å²) in [4.78, 5) is 0. The minimum atomic E-state index is -0.258. The van der Waals surface area contributed by atoms with Gasteiger partial charge in [-0.05, 0) is 54.3 Å². The van der Waals surface area contributed by atoms with E-state index in [1.165, 1.54) is 23.1 Å². The number of aromatic nitrogens is 1. The van der Waals surface area contributed by atoms with Crippen LogP contribution in [0.4, 0.5) is 4.39 Å². The Morgan fingerprint density at radius 3 is 2.79 bits per heavy atom. The first kappa shape index (κ1) is 12.2. The quantitative estimate of drug-likeness (QED) is 0.633. The standard InChI is InChI=1S/C16H13ClFN/c1-11-2-5-16-12(8-11)6-7-19(16)10-13-9-14(18)3-4-15(13)17/h2-9H,10H2,1H3. The monoisotopic (exact) mass is 273 g/mol. The molecule has 3 heteroatoms. The minimum absolute atomic E-state index is 0.258. The first-order chi connectivity index (χ1) is 9.13. The molecule has 0 saturated heterocycles. The number of benzene rings is 2. The van der Waals surface area contributed by atoms with Crippen molar-refractivity contribution < 1.29 is 4.39 Å². The Morgan fingerprint density at radius 1 is 1.11 bits per heavy atom. The van der Waals surface area contributed by atoms with Gasteiger partial charge in [0.2, 0.25) is 0 Å². The molecule has 0 amide bonds. The summed E-state index contributed by atoms with van der Waals surface area (Å²) in [5.41, 5.74) is 3.15. The predicted molar refractivity (Wildman–Crippen MR) is 77.2 cm³/mol. The maximum absolute atomic E-state index is 13.3. The summed E-state index contributed by atoms with van der Waals surface area (Å²) < 4.78 is 15.4. The van der Waals surface area contributed by atoms with Crippen LogP contribution in [-0.4, -0.2) is 4.57 Å². The third-order valence-electron chi connectivity index (χ3n) is 3.27. The highest BCUT2D eigenvalue weighted by atomic mass is 35.5. The highest BCUT2D eigenvalue weighted by molar-refractivity contribution is 6.31. The van der Waals surface area contributed by atoms with Gasteiger partial charge < -0.3 is 4.57 Å². The highest BCUT2D eigenvalue weighted by Crippen LogP contribution is 2.22. The van der Waals surface area contributed by atoms with Gasteiger partial charge in [-0.2, -0.15) is 0 Å². The smallest absolute Gasteiger partial charge is 0.123 e. The minimum Gasteiger partial charge on any atom is -0.343 e. The number of hydrogen-bond acceptors (Lipinski definition) is 0. The van der Waals surface area contributed by atoms with Crippen molar-refractivity contribution >= 4 is 22.5 Å². The number of fused-ring (bicyclic) bond motifs is 1. The summed E-state index contributed by atoms with van der Waals surface area (Å²) in [7, 11) is 0. The second-order valence-electron chi connectivity index (χ2n) is 4.74. The zero-order chi connectivity index (χ0) is 13.4. The molecule has 1 aromatic heterocycles. The zero-order valence-electron chi connectivity index (χ0n) is 10.5. The van der Waals surface area contributed by atoms with E-state index in [1.807, 2.05) is 6.20 Å². The van der Waals surface area contributed by atoms with Gasteiger partial charge in [0.25, 0.3) is 0 Å². The molecule has 0 saturated carbocycles. The van der Waals surface area contributed by atoms with Crippen LogP contribution in [0.2, 0.25) is 5.02 Å². The van der Waals surface area contributed by atoms with Crippen molar-refractivity contribution in [1.29, 1.82) is 0 Å². The second kappa shape index (κ2) is 4.71. The van der Waals surface area contributed by atoms with E-state index in [1.54, 1.807) is 6.07 Å². The van der Waals surface area contributed by atoms with Gasteiger partial charge in [0.05, 0.1) is 0 Å². The number of nitrogens with zero attached hydrogens (tertiary/aromatic N) is 1. The van der Waals surface area contributed by atoms with E-state index >= 15 is 0 Å². The van der Waals surface area contributed by atoms with Crippen molar-refractivity contribution in [3.05, 3.63) is 70.6 Å². The molecule has 0 aliphatic rings. The van der Waals surface area contributed by atoms with E-state index in [0.29, 0.717) is 11.6 Å². The SMILES string of the molecule is Cc1ccc2c(ccn2Cc2cc(F)ccc2Cl)c1. The van der Waals surface area contributed by atoms with Crippen molar-refractivity contribution in [2.24, 2.45) is 0 Å². The molecule has 0 N–H and O–H groups in total.